The Balaban J connectivity index is 2.27. The van der Waals surface area contributed by atoms with Gasteiger partial charge in [-0.15, -0.1) is 0 Å². The molecule has 0 aliphatic heterocycles. The Morgan fingerprint density at radius 3 is 2.79 bits per heavy atom. The van der Waals surface area contributed by atoms with Gasteiger partial charge in [0.1, 0.15) is 5.82 Å². The molecule has 0 fully saturated rings. The van der Waals surface area contributed by atoms with Gasteiger partial charge in [0.2, 0.25) is 0 Å². The smallest absolute Gasteiger partial charge is 0.141 e. The molecule has 2 aromatic rings. The second-order valence-corrected chi connectivity index (χ2v) is 4.60. The van der Waals surface area contributed by atoms with Crippen LogP contribution in [-0.2, 0) is 4.74 Å². The van der Waals surface area contributed by atoms with Crippen molar-refractivity contribution in [1.29, 1.82) is 0 Å². The van der Waals surface area contributed by atoms with Gasteiger partial charge in [-0.1, -0.05) is 18.5 Å². The first-order chi connectivity index (χ1) is 9.15. The number of halogens is 2. The number of nitrogens with one attached hydrogen (secondary N) is 1. The average molecular weight is 283 g/mol. The van der Waals surface area contributed by atoms with Gasteiger partial charge in [-0.05, 0) is 37.6 Å². The van der Waals surface area contributed by atoms with Crippen LogP contribution in [0.1, 0.15) is 32.1 Å². The van der Waals surface area contributed by atoms with E-state index in [0.29, 0.717) is 6.61 Å². The van der Waals surface area contributed by atoms with Crippen molar-refractivity contribution < 1.29 is 9.13 Å². The fourth-order valence-electron chi connectivity index (χ4n) is 1.93. The molecule has 0 saturated carbocycles. The van der Waals surface area contributed by atoms with E-state index in [-0.39, 0.29) is 11.1 Å². The molecule has 1 unspecified atom stereocenters. The molecule has 1 atom stereocenters. The van der Waals surface area contributed by atoms with Crippen molar-refractivity contribution >= 4 is 11.6 Å². The van der Waals surface area contributed by atoms with Crippen LogP contribution in [0.4, 0.5) is 4.39 Å². The SMILES string of the molecule is CCOC(CC)c1cc(-c2ccc(F)c(Cl)c2)n[nH]1. The third-order valence-electron chi connectivity index (χ3n) is 2.90. The molecule has 1 aromatic carbocycles. The number of ether oxygens (including phenoxy) is 1. The number of nitrogens with zero attached hydrogens (tertiary/aromatic N) is 1. The number of hydrogen-bond donors (Lipinski definition) is 1. The molecule has 1 aromatic heterocycles. The van der Waals surface area contributed by atoms with Crippen LogP contribution in [0.15, 0.2) is 24.3 Å². The Kier molecular flexibility index (Phi) is 4.56. The highest BCUT2D eigenvalue weighted by Crippen LogP contribution is 2.27. The van der Waals surface area contributed by atoms with Crippen LogP contribution in [0.2, 0.25) is 5.02 Å². The van der Waals surface area contributed by atoms with E-state index in [1.165, 1.54) is 6.07 Å². The van der Waals surface area contributed by atoms with Gasteiger partial charge in [0.25, 0.3) is 0 Å². The van der Waals surface area contributed by atoms with Gasteiger partial charge >= 0.3 is 0 Å². The van der Waals surface area contributed by atoms with Crippen molar-refractivity contribution in [2.75, 3.05) is 6.61 Å². The van der Waals surface area contributed by atoms with Gasteiger partial charge in [-0.2, -0.15) is 5.10 Å². The minimum absolute atomic E-state index is 0.00201. The van der Waals surface area contributed by atoms with E-state index in [1.807, 2.05) is 13.0 Å². The summed E-state index contributed by atoms with van der Waals surface area (Å²) in [5, 5.41) is 7.28. The Morgan fingerprint density at radius 2 is 2.16 bits per heavy atom. The van der Waals surface area contributed by atoms with E-state index < -0.39 is 5.82 Å². The molecule has 1 N–H and O–H groups in total. The Hall–Kier alpha value is -1.39. The summed E-state index contributed by atoms with van der Waals surface area (Å²) in [6, 6.07) is 6.47. The lowest BCUT2D eigenvalue weighted by Gasteiger charge is -2.11. The zero-order chi connectivity index (χ0) is 13.8. The van der Waals surface area contributed by atoms with Crippen LogP contribution in [0.5, 0.6) is 0 Å². The van der Waals surface area contributed by atoms with Gasteiger partial charge in [0, 0.05) is 12.2 Å². The van der Waals surface area contributed by atoms with Gasteiger partial charge in [-0.25, -0.2) is 4.39 Å². The molecule has 2 rings (SSSR count). The van der Waals surface area contributed by atoms with E-state index in [0.717, 1.165) is 23.4 Å². The lowest BCUT2D eigenvalue weighted by atomic mass is 10.1. The lowest BCUT2D eigenvalue weighted by Crippen LogP contribution is -2.03. The summed E-state index contributed by atoms with van der Waals surface area (Å²) in [6.45, 7) is 4.66. The largest absolute Gasteiger partial charge is 0.372 e. The highest BCUT2D eigenvalue weighted by molar-refractivity contribution is 6.31. The molecule has 0 saturated heterocycles. The van der Waals surface area contributed by atoms with Crippen LogP contribution >= 0.6 is 11.6 Å². The van der Waals surface area contributed by atoms with Crippen molar-refractivity contribution in [3.63, 3.8) is 0 Å². The average Bonchev–Trinajstić information content (AvgIpc) is 2.88. The molecule has 1 heterocycles. The number of rotatable bonds is 5. The molecule has 0 aliphatic carbocycles. The highest BCUT2D eigenvalue weighted by Gasteiger charge is 2.13. The van der Waals surface area contributed by atoms with Crippen molar-refractivity contribution in [1.82, 2.24) is 10.2 Å². The van der Waals surface area contributed by atoms with Crippen molar-refractivity contribution in [3.8, 4) is 11.3 Å². The molecule has 3 nitrogen and oxygen atoms in total. The van der Waals surface area contributed by atoms with E-state index in [2.05, 4.69) is 17.1 Å². The molecule has 0 spiro atoms. The van der Waals surface area contributed by atoms with Crippen LogP contribution in [-0.4, -0.2) is 16.8 Å². The minimum atomic E-state index is -0.429. The van der Waals surface area contributed by atoms with E-state index in [4.69, 9.17) is 16.3 Å². The second kappa shape index (κ2) is 6.17. The summed E-state index contributed by atoms with van der Waals surface area (Å²) in [6.07, 6.45) is 0.863. The Bertz CT molecular complexity index is 556. The van der Waals surface area contributed by atoms with Crippen molar-refractivity contribution in [3.05, 3.63) is 40.8 Å². The third-order valence-corrected chi connectivity index (χ3v) is 3.19. The molecule has 0 bridgehead atoms. The molecular weight excluding hydrogens is 267 g/mol. The maximum Gasteiger partial charge on any atom is 0.141 e. The summed E-state index contributed by atoms with van der Waals surface area (Å²) in [4.78, 5) is 0. The molecule has 0 amide bonds. The number of aromatic amines is 1. The van der Waals surface area contributed by atoms with E-state index in [9.17, 15) is 4.39 Å². The zero-order valence-electron chi connectivity index (χ0n) is 10.9. The van der Waals surface area contributed by atoms with Crippen molar-refractivity contribution in [2.24, 2.45) is 0 Å². The topological polar surface area (TPSA) is 37.9 Å². The fraction of sp³-hybridized carbons (Fsp3) is 0.357. The quantitative estimate of drug-likeness (QED) is 0.885. The first-order valence-electron chi connectivity index (χ1n) is 6.28. The summed E-state index contributed by atoms with van der Waals surface area (Å²) in [5.74, 6) is -0.429. The van der Waals surface area contributed by atoms with Gasteiger partial charge < -0.3 is 4.74 Å². The first-order valence-corrected chi connectivity index (χ1v) is 6.65. The minimum Gasteiger partial charge on any atom is -0.372 e. The number of benzene rings is 1. The zero-order valence-corrected chi connectivity index (χ0v) is 11.7. The highest BCUT2D eigenvalue weighted by atomic mass is 35.5. The third kappa shape index (κ3) is 3.14. The maximum atomic E-state index is 13.1. The number of aromatic nitrogens is 2. The molecule has 102 valence electrons. The maximum absolute atomic E-state index is 13.1. The molecule has 5 heteroatoms. The van der Waals surface area contributed by atoms with Crippen LogP contribution in [0, 0.1) is 5.82 Å². The lowest BCUT2D eigenvalue weighted by molar-refractivity contribution is 0.0567. The van der Waals surface area contributed by atoms with Crippen molar-refractivity contribution in [2.45, 2.75) is 26.4 Å². The molecule has 19 heavy (non-hydrogen) atoms. The van der Waals surface area contributed by atoms with Crippen LogP contribution < -0.4 is 0 Å². The Morgan fingerprint density at radius 1 is 1.37 bits per heavy atom. The monoisotopic (exact) mass is 282 g/mol. The van der Waals surface area contributed by atoms with Gasteiger partial charge in [-0.3, -0.25) is 5.10 Å². The number of hydrogen-bond acceptors (Lipinski definition) is 2. The van der Waals surface area contributed by atoms with E-state index in [1.54, 1.807) is 12.1 Å². The second-order valence-electron chi connectivity index (χ2n) is 4.19. The predicted molar refractivity (Wildman–Crippen MR) is 73.6 cm³/mol. The normalized spacial score (nSPS) is 12.6. The standard InChI is InChI=1S/C14H16ClFN2O/c1-3-14(19-4-2)13-8-12(17-18-13)9-5-6-11(16)10(15)7-9/h5-8,14H,3-4H2,1-2H3,(H,17,18). The Labute approximate surface area is 116 Å². The summed E-state index contributed by atoms with van der Waals surface area (Å²) < 4.78 is 18.7. The van der Waals surface area contributed by atoms with Crippen LogP contribution in [0.25, 0.3) is 11.3 Å². The number of H-pyrrole nitrogens is 1. The fourth-order valence-corrected chi connectivity index (χ4v) is 2.11. The van der Waals surface area contributed by atoms with Gasteiger partial charge in [0.05, 0.1) is 22.5 Å². The molecular formula is C14H16ClFN2O. The molecule has 0 radical (unpaired) electrons. The van der Waals surface area contributed by atoms with E-state index >= 15 is 0 Å². The summed E-state index contributed by atoms with van der Waals surface area (Å²) >= 11 is 5.77. The summed E-state index contributed by atoms with van der Waals surface area (Å²) in [5.41, 5.74) is 2.43. The molecule has 0 aliphatic rings. The van der Waals surface area contributed by atoms with Crippen LogP contribution in [0.3, 0.4) is 0 Å². The summed E-state index contributed by atoms with van der Waals surface area (Å²) in [7, 11) is 0. The first kappa shape index (κ1) is 14.0. The van der Waals surface area contributed by atoms with Gasteiger partial charge in [0.15, 0.2) is 0 Å². The predicted octanol–water partition coefficient (Wildman–Crippen LogP) is 4.36.